The van der Waals surface area contributed by atoms with E-state index in [0.29, 0.717) is 11.8 Å². The molecular formula is C17H13NO3S. The zero-order valence-corrected chi connectivity index (χ0v) is 12.7. The first-order valence-electron chi connectivity index (χ1n) is 6.79. The number of hydrogen-bond donors (Lipinski definition) is 0. The number of rotatable bonds is 3. The van der Waals surface area contributed by atoms with Crippen molar-refractivity contribution in [2.45, 2.75) is 13.3 Å². The van der Waals surface area contributed by atoms with Crippen LogP contribution in [-0.4, -0.2) is 12.2 Å². The van der Waals surface area contributed by atoms with Crippen molar-refractivity contribution in [1.82, 2.24) is 0 Å². The number of hydrogen-bond acceptors (Lipinski definition) is 5. The number of carbonyl (C=O) groups excluding carboxylic acids is 1. The summed E-state index contributed by atoms with van der Waals surface area (Å²) in [5, 5.41) is 5.02. The van der Waals surface area contributed by atoms with Crippen LogP contribution < -0.4 is 5.43 Å². The van der Waals surface area contributed by atoms with Crippen molar-refractivity contribution >= 4 is 43.7 Å². The van der Waals surface area contributed by atoms with Gasteiger partial charge in [0.1, 0.15) is 0 Å². The zero-order chi connectivity index (χ0) is 15.5. The Labute approximate surface area is 130 Å². The molecule has 0 saturated heterocycles. The summed E-state index contributed by atoms with van der Waals surface area (Å²) >= 11 is 1.60. The minimum atomic E-state index is -0.454. The number of carbonyl (C=O) groups is 1. The van der Waals surface area contributed by atoms with Crippen LogP contribution in [0.15, 0.2) is 52.4 Å². The minimum Gasteiger partial charge on any atom is -0.319 e. The lowest BCUT2D eigenvalue weighted by Gasteiger charge is -2.02. The summed E-state index contributed by atoms with van der Waals surface area (Å²) < 4.78 is 1.95. The van der Waals surface area contributed by atoms with Crippen molar-refractivity contribution in [2.24, 2.45) is 5.16 Å². The molecule has 3 rings (SSSR count). The standard InChI is InChI=1S/C17H13NO3S/c1-11(19)21-18-9-8-12-6-7-16-14(10-12)17(20)13-4-2-3-5-15(13)22-16/h2-7,9-10H,8H2,1H3. The van der Waals surface area contributed by atoms with Crippen LogP contribution in [0.3, 0.4) is 0 Å². The molecule has 0 spiro atoms. The highest BCUT2D eigenvalue weighted by atomic mass is 32.1. The van der Waals surface area contributed by atoms with Crippen LogP contribution >= 0.6 is 11.3 Å². The van der Waals surface area contributed by atoms with Gasteiger partial charge in [0.15, 0.2) is 5.43 Å². The van der Waals surface area contributed by atoms with Gasteiger partial charge >= 0.3 is 5.97 Å². The molecule has 0 unspecified atom stereocenters. The predicted molar refractivity (Wildman–Crippen MR) is 89.6 cm³/mol. The summed E-state index contributed by atoms with van der Waals surface area (Å²) in [7, 11) is 0. The van der Waals surface area contributed by atoms with Crippen molar-refractivity contribution in [1.29, 1.82) is 0 Å². The van der Waals surface area contributed by atoms with E-state index in [0.717, 1.165) is 20.3 Å². The fourth-order valence-corrected chi connectivity index (χ4v) is 3.28. The highest BCUT2D eigenvalue weighted by Crippen LogP contribution is 2.25. The van der Waals surface area contributed by atoms with Crippen LogP contribution in [-0.2, 0) is 16.1 Å². The lowest BCUT2D eigenvalue weighted by molar-refractivity contribution is -0.140. The molecule has 3 aromatic rings. The summed E-state index contributed by atoms with van der Waals surface area (Å²) in [6, 6.07) is 13.4. The molecule has 0 saturated carbocycles. The molecule has 0 fully saturated rings. The van der Waals surface area contributed by atoms with Gasteiger partial charge in [-0.1, -0.05) is 23.4 Å². The Bertz CT molecular complexity index is 943. The minimum absolute atomic E-state index is 0.0446. The Hall–Kier alpha value is -2.53. The number of nitrogens with zero attached hydrogens (tertiary/aromatic N) is 1. The van der Waals surface area contributed by atoms with E-state index in [1.165, 1.54) is 13.1 Å². The molecule has 0 radical (unpaired) electrons. The van der Waals surface area contributed by atoms with Gasteiger partial charge in [0.25, 0.3) is 0 Å². The Morgan fingerprint density at radius 2 is 1.95 bits per heavy atom. The third kappa shape index (κ3) is 2.89. The van der Waals surface area contributed by atoms with Gasteiger partial charge in [0.2, 0.25) is 0 Å². The van der Waals surface area contributed by atoms with Gasteiger partial charge in [0, 0.05) is 39.7 Å². The van der Waals surface area contributed by atoms with Crippen molar-refractivity contribution in [3.05, 3.63) is 58.3 Å². The molecule has 22 heavy (non-hydrogen) atoms. The van der Waals surface area contributed by atoms with Crippen LogP contribution in [0.1, 0.15) is 12.5 Å². The van der Waals surface area contributed by atoms with E-state index in [9.17, 15) is 9.59 Å². The maximum absolute atomic E-state index is 12.6. The second-order valence-corrected chi connectivity index (χ2v) is 5.92. The van der Waals surface area contributed by atoms with E-state index < -0.39 is 5.97 Å². The first kappa shape index (κ1) is 14.4. The second-order valence-electron chi connectivity index (χ2n) is 4.83. The molecule has 1 aromatic heterocycles. The summed E-state index contributed by atoms with van der Waals surface area (Å²) in [4.78, 5) is 27.7. The van der Waals surface area contributed by atoms with Crippen molar-refractivity contribution in [3.8, 4) is 0 Å². The molecule has 110 valence electrons. The molecule has 4 nitrogen and oxygen atoms in total. The van der Waals surface area contributed by atoms with Crippen molar-refractivity contribution in [3.63, 3.8) is 0 Å². The van der Waals surface area contributed by atoms with E-state index in [1.807, 2.05) is 42.5 Å². The summed E-state index contributed by atoms with van der Waals surface area (Å²) in [5.74, 6) is -0.454. The molecule has 0 bridgehead atoms. The van der Waals surface area contributed by atoms with Gasteiger partial charge in [-0.25, -0.2) is 4.79 Å². The number of fused-ring (bicyclic) bond motifs is 2. The first-order valence-corrected chi connectivity index (χ1v) is 7.61. The average Bonchev–Trinajstić information content (AvgIpc) is 2.52. The van der Waals surface area contributed by atoms with Gasteiger partial charge in [-0.05, 0) is 29.8 Å². The molecule has 5 heteroatoms. The average molecular weight is 311 g/mol. The molecule has 2 aromatic carbocycles. The van der Waals surface area contributed by atoms with Crippen LogP contribution in [0.5, 0.6) is 0 Å². The zero-order valence-electron chi connectivity index (χ0n) is 11.9. The van der Waals surface area contributed by atoms with Crippen LogP contribution in [0.2, 0.25) is 0 Å². The third-order valence-corrected chi connectivity index (χ3v) is 4.37. The Morgan fingerprint density at radius 3 is 2.77 bits per heavy atom. The monoisotopic (exact) mass is 311 g/mol. The molecule has 0 atom stereocenters. The van der Waals surface area contributed by atoms with E-state index >= 15 is 0 Å². The van der Waals surface area contributed by atoms with Crippen LogP contribution in [0.4, 0.5) is 0 Å². The summed E-state index contributed by atoms with van der Waals surface area (Å²) in [6.45, 7) is 1.30. The molecule has 0 amide bonds. The fourth-order valence-electron chi connectivity index (χ4n) is 2.23. The highest BCUT2D eigenvalue weighted by molar-refractivity contribution is 7.24. The number of benzene rings is 2. The van der Waals surface area contributed by atoms with E-state index in [-0.39, 0.29) is 5.43 Å². The SMILES string of the molecule is CC(=O)ON=CCc1ccc2sc3ccccc3c(=O)c2c1. The second kappa shape index (κ2) is 6.07. The largest absolute Gasteiger partial charge is 0.331 e. The van der Waals surface area contributed by atoms with Crippen molar-refractivity contribution < 1.29 is 9.63 Å². The lowest BCUT2D eigenvalue weighted by Crippen LogP contribution is -2.01. The van der Waals surface area contributed by atoms with Gasteiger partial charge in [-0.3, -0.25) is 4.79 Å². The van der Waals surface area contributed by atoms with E-state index in [2.05, 4.69) is 9.99 Å². The maximum atomic E-state index is 12.6. The van der Waals surface area contributed by atoms with Gasteiger partial charge in [0.05, 0.1) is 0 Å². The topological polar surface area (TPSA) is 55.7 Å². The molecular weight excluding hydrogens is 298 g/mol. The van der Waals surface area contributed by atoms with Crippen LogP contribution in [0, 0.1) is 0 Å². The maximum Gasteiger partial charge on any atom is 0.331 e. The Balaban J connectivity index is 2.00. The quantitative estimate of drug-likeness (QED) is 0.322. The summed E-state index contributed by atoms with van der Waals surface area (Å²) in [5.41, 5.74) is 0.992. The predicted octanol–water partition coefficient (Wildman–Crippen LogP) is 3.51. The Morgan fingerprint density at radius 1 is 1.18 bits per heavy atom. The third-order valence-electron chi connectivity index (χ3n) is 3.22. The summed E-state index contributed by atoms with van der Waals surface area (Å²) in [6.07, 6.45) is 2.01. The fraction of sp³-hybridized carbons (Fsp3) is 0.118. The smallest absolute Gasteiger partial charge is 0.319 e. The van der Waals surface area contributed by atoms with Gasteiger partial charge in [-0.2, -0.15) is 0 Å². The molecule has 0 N–H and O–H groups in total. The highest BCUT2D eigenvalue weighted by Gasteiger charge is 2.06. The van der Waals surface area contributed by atoms with Gasteiger partial charge < -0.3 is 4.84 Å². The van der Waals surface area contributed by atoms with Gasteiger partial charge in [-0.15, -0.1) is 11.3 Å². The van der Waals surface area contributed by atoms with Crippen molar-refractivity contribution in [2.75, 3.05) is 0 Å². The number of oxime groups is 1. The van der Waals surface area contributed by atoms with E-state index in [1.54, 1.807) is 11.3 Å². The molecule has 0 aliphatic heterocycles. The molecule has 0 aliphatic carbocycles. The molecule has 0 aliphatic rings. The first-order chi connectivity index (χ1) is 10.6. The Kier molecular flexibility index (Phi) is 3.98. The normalized spacial score (nSPS) is 11.3. The molecule has 1 heterocycles. The van der Waals surface area contributed by atoms with E-state index in [4.69, 9.17) is 0 Å². The van der Waals surface area contributed by atoms with Crippen LogP contribution in [0.25, 0.3) is 20.2 Å². The lowest BCUT2D eigenvalue weighted by atomic mass is 10.1.